The van der Waals surface area contributed by atoms with Crippen LogP contribution < -0.4 is 10.1 Å². The van der Waals surface area contributed by atoms with Gasteiger partial charge in [0.15, 0.2) is 0 Å². The molecule has 0 spiro atoms. The van der Waals surface area contributed by atoms with Crippen molar-refractivity contribution >= 4 is 24.8 Å². The molecule has 0 aliphatic carbocycles. The van der Waals surface area contributed by atoms with E-state index in [9.17, 15) is 13.2 Å². The number of rotatable bonds is 5. The van der Waals surface area contributed by atoms with Gasteiger partial charge in [0.25, 0.3) is 0 Å². The Balaban J connectivity index is 0.00000210. The minimum Gasteiger partial charge on any atom is -0.488 e. The lowest BCUT2D eigenvalue weighted by Crippen LogP contribution is -2.49. The first-order valence-electron chi connectivity index (χ1n) is 9.15. The van der Waals surface area contributed by atoms with E-state index in [1.54, 1.807) is 12.1 Å². The molecule has 0 amide bonds. The maximum Gasteiger partial charge on any atom is 0.408 e. The summed E-state index contributed by atoms with van der Waals surface area (Å²) in [6.45, 7) is 5.92. The van der Waals surface area contributed by atoms with Gasteiger partial charge in [0, 0.05) is 26.2 Å². The molecule has 1 saturated heterocycles. The molecule has 3 nitrogen and oxygen atoms in total. The van der Waals surface area contributed by atoms with Crippen LogP contribution in [0.15, 0.2) is 42.5 Å². The topological polar surface area (TPSA) is 24.5 Å². The summed E-state index contributed by atoms with van der Waals surface area (Å²) in [5.74, 6) is 0.656. The van der Waals surface area contributed by atoms with Crippen molar-refractivity contribution in [1.82, 2.24) is 10.2 Å². The summed E-state index contributed by atoms with van der Waals surface area (Å²) < 4.78 is 47.4. The lowest BCUT2D eigenvalue weighted by Gasteiger charge is -2.36. The minimum absolute atomic E-state index is 0. The van der Waals surface area contributed by atoms with E-state index in [1.165, 1.54) is 4.90 Å². The fourth-order valence-corrected chi connectivity index (χ4v) is 3.65. The summed E-state index contributed by atoms with van der Waals surface area (Å²) in [4.78, 5) is 1.51. The van der Waals surface area contributed by atoms with Crippen LogP contribution in [0.5, 0.6) is 5.75 Å². The zero-order valence-corrected chi connectivity index (χ0v) is 18.1. The van der Waals surface area contributed by atoms with E-state index < -0.39 is 12.2 Å². The molecule has 1 heterocycles. The fraction of sp³-hybridized carbons (Fsp3) is 0.429. The number of aryl methyl sites for hydroxylation is 2. The van der Waals surface area contributed by atoms with Crippen molar-refractivity contribution in [2.24, 2.45) is 0 Å². The Morgan fingerprint density at radius 1 is 1.00 bits per heavy atom. The number of hydrogen-bond donors (Lipinski definition) is 1. The first-order chi connectivity index (χ1) is 12.9. The highest BCUT2D eigenvalue weighted by molar-refractivity contribution is 5.85. The zero-order chi connectivity index (χ0) is 19.4. The Bertz CT molecular complexity index is 743. The predicted molar refractivity (Wildman–Crippen MR) is 114 cm³/mol. The SMILES string of the molecule is Cc1cc([C@@H](N2CCNCC2)C(F)(F)F)cc(C)c1OCc1ccccc1.Cl.Cl. The van der Waals surface area contributed by atoms with Gasteiger partial charge in [0.2, 0.25) is 0 Å². The molecule has 0 radical (unpaired) electrons. The van der Waals surface area contributed by atoms with Gasteiger partial charge in [0.05, 0.1) is 0 Å². The van der Waals surface area contributed by atoms with Gasteiger partial charge in [-0.2, -0.15) is 13.2 Å². The molecule has 0 unspecified atom stereocenters. The third kappa shape index (κ3) is 6.51. The lowest BCUT2D eigenvalue weighted by molar-refractivity contribution is -0.187. The number of piperazine rings is 1. The molecule has 0 aromatic heterocycles. The number of alkyl halides is 3. The Labute approximate surface area is 182 Å². The van der Waals surface area contributed by atoms with Gasteiger partial charge >= 0.3 is 6.18 Å². The summed E-state index contributed by atoms with van der Waals surface area (Å²) in [5, 5.41) is 3.11. The normalized spacial score (nSPS) is 15.8. The second-order valence-corrected chi connectivity index (χ2v) is 6.99. The van der Waals surface area contributed by atoms with Crippen molar-refractivity contribution in [3.8, 4) is 5.75 Å². The van der Waals surface area contributed by atoms with E-state index in [0.29, 0.717) is 38.5 Å². The van der Waals surface area contributed by atoms with Gasteiger partial charge in [-0.1, -0.05) is 42.5 Å². The number of ether oxygens (including phenoxy) is 1. The molecule has 29 heavy (non-hydrogen) atoms. The van der Waals surface area contributed by atoms with E-state index in [-0.39, 0.29) is 30.4 Å². The van der Waals surface area contributed by atoms with Crippen molar-refractivity contribution in [2.45, 2.75) is 32.7 Å². The lowest BCUT2D eigenvalue weighted by atomic mass is 9.98. The third-order valence-electron chi connectivity index (χ3n) is 4.85. The molecular weight excluding hydrogens is 424 g/mol. The maximum atomic E-state index is 13.8. The molecular formula is C21H27Cl2F3N2O. The fourth-order valence-electron chi connectivity index (χ4n) is 3.65. The van der Waals surface area contributed by atoms with Crippen LogP contribution in [-0.2, 0) is 6.61 Å². The second-order valence-electron chi connectivity index (χ2n) is 6.99. The van der Waals surface area contributed by atoms with Crippen LogP contribution in [0.2, 0.25) is 0 Å². The first-order valence-corrected chi connectivity index (χ1v) is 9.15. The number of benzene rings is 2. The van der Waals surface area contributed by atoms with E-state index in [2.05, 4.69) is 5.32 Å². The number of nitrogens with one attached hydrogen (secondary N) is 1. The average molecular weight is 451 g/mol. The number of nitrogens with zero attached hydrogens (tertiary/aromatic N) is 1. The molecule has 0 saturated carbocycles. The maximum absolute atomic E-state index is 13.8. The van der Waals surface area contributed by atoms with Crippen molar-refractivity contribution < 1.29 is 17.9 Å². The highest BCUT2D eigenvalue weighted by Crippen LogP contribution is 2.40. The summed E-state index contributed by atoms with van der Waals surface area (Å²) in [7, 11) is 0. The van der Waals surface area contributed by atoms with Gasteiger partial charge in [-0.15, -0.1) is 24.8 Å². The Kier molecular flexibility index (Phi) is 9.76. The molecule has 162 valence electrons. The Morgan fingerprint density at radius 2 is 1.55 bits per heavy atom. The quantitative estimate of drug-likeness (QED) is 0.674. The van der Waals surface area contributed by atoms with E-state index in [1.807, 2.05) is 44.2 Å². The summed E-state index contributed by atoms with van der Waals surface area (Å²) in [5.41, 5.74) is 2.76. The average Bonchev–Trinajstić information content (AvgIpc) is 2.62. The van der Waals surface area contributed by atoms with Crippen LogP contribution in [0.1, 0.15) is 28.3 Å². The van der Waals surface area contributed by atoms with E-state index in [0.717, 1.165) is 16.7 Å². The number of hydrogen-bond acceptors (Lipinski definition) is 3. The standard InChI is InChI=1S/C21H25F3N2O.2ClH/c1-15-12-18(20(21(22,23)24)26-10-8-25-9-11-26)13-16(2)19(15)27-14-17-6-4-3-5-7-17;;/h3-7,12-13,20,25H,8-11,14H2,1-2H3;2*1H/t20-;;/m1../s1. The van der Waals surface area contributed by atoms with Crippen LogP contribution in [0.4, 0.5) is 13.2 Å². The largest absolute Gasteiger partial charge is 0.488 e. The molecule has 0 bridgehead atoms. The molecule has 1 N–H and O–H groups in total. The van der Waals surface area contributed by atoms with Gasteiger partial charge in [-0.05, 0) is 36.1 Å². The first kappa shape index (κ1) is 25.6. The molecule has 1 fully saturated rings. The molecule has 3 rings (SSSR count). The van der Waals surface area contributed by atoms with Gasteiger partial charge in [0.1, 0.15) is 18.4 Å². The number of halogens is 5. The highest BCUT2D eigenvalue weighted by atomic mass is 35.5. The third-order valence-corrected chi connectivity index (χ3v) is 4.85. The predicted octanol–water partition coefficient (Wildman–Crippen LogP) is 5.23. The van der Waals surface area contributed by atoms with Crippen LogP contribution in [0, 0.1) is 13.8 Å². The minimum atomic E-state index is -4.32. The highest BCUT2D eigenvalue weighted by Gasteiger charge is 2.45. The Hall–Kier alpha value is -1.47. The molecule has 8 heteroatoms. The van der Waals surface area contributed by atoms with Crippen molar-refractivity contribution in [3.05, 3.63) is 64.7 Å². The second kappa shape index (κ2) is 11.1. The van der Waals surface area contributed by atoms with Gasteiger partial charge in [-0.25, -0.2) is 0 Å². The monoisotopic (exact) mass is 450 g/mol. The smallest absolute Gasteiger partial charge is 0.408 e. The van der Waals surface area contributed by atoms with Crippen LogP contribution in [0.25, 0.3) is 0 Å². The molecule has 1 aliphatic heterocycles. The molecule has 2 aromatic carbocycles. The van der Waals surface area contributed by atoms with Crippen molar-refractivity contribution in [1.29, 1.82) is 0 Å². The zero-order valence-electron chi connectivity index (χ0n) is 16.5. The van der Waals surface area contributed by atoms with E-state index in [4.69, 9.17) is 4.74 Å². The summed E-state index contributed by atoms with van der Waals surface area (Å²) >= 11 is 0. The summed E-state index contributed by atoms with van der Waals surface area (Å²) in [6, 6.07) is 11.4. The summed E-state index contributed by atoms with van der Waals surface area (Å²) in [6.07, 6.45) is -4.32. The van der Waals surface area contributed by atoms with E-state index >= 15 is 0 Å². The van der Waals surface area contributed by atoms with Gasteiger partial charge in [-0.3, -0.25) is 4.90 Å². The van der Waals surface area contributed by atoms with Gasteiger partial charge < -0.3 is 10.1 Å². The van der Waals surface area contributed by atoms with Crippen molar-refractivity contribution in [2.75, 3.05) is 26.2 Å². The van der Waals surface area contributed by atoms with Crippen LogP contribution in [-0.4, -0.2) is 37.3 Å². The molecule has 1 aliphatic rings. The van der Waals surface area contributed by atoms with Crippen molar-refractivity contribution in [3.63, 3.8) is 0 Å². The van der Waals surface area contributed by atoms with Crippen LogP contribution in [0.3, 0.4) is 0 Å². The molecule has 2 aromatic rings. The Morgan fingerprint density at radius 3 is 2.07 bits per heavy atom. The van der Waals surface area contributed by atoms with Crippen LogP contribution >= 0.6 is 24.8 Å². The molecule has 1 atom stereocenters.